The van der Waals surface area contributed by atoms with Gasteiger partial charge in [-0.1, -0.05) is 6.07 Å². The number of fused-ring (bicyclic) bond motifs is 1. The van der Waals surface area contributed by atoms with Crippen LogP contribution in [0, 0.1) is 12.3 Å². The molecule has 3 aliphatic rings. The number of piperidine rings is 1. The molecule has 7 nitrogen and oxygen atoms in total. The topological polar surface area (TPSA) is 67.8 Å². The second kappa shape index (κ2) is 7.81. The quantitative estimate of drug-likeness (QED) is 0.678. The Morgan fingerprint density at radius 2 is 2.03 bits per heavy atom. The van der Waals surface area contributed by atoms with Crippen LogP contribution in [-0.4, -0.2) is 60.1 Å². The molecule has 0 N–H and O–H groups in total. The smallest absolute Gasteiger partial charge is 0.338 e. The number of esters is 1. The van der Waals surface area contributed by atoms with Gasteiger partial charge in [0, 0.05) is 36.7 Å². The number of nitrogens with zero attached hydrogens (tertiary/aromatic N) is 4. The summed E-state index contributed by atoms with van der Waals surface area (Å²) < 4.78 is 14.6. The maximum Gasteiger partial charge on any atom is 0.338 e. The molecule has 1 aromatic heterocycles. The summed E-state index contributed by atoms with van der Waals surface area (Å²) >= 11 is 1.43. The Kier molecular flexibility index (Phi) is 5.14. The predicted octanol–water partition coefficient (Wildman–Crippen LogP) is 3.06. The molecule has 0 saturated carbocycles. The minimum Gasteiger partial charge on any atom is -0.466 e. The fourth-order valence-corrected chi connectivity index (χ4v) is 5.78. The van der Waals surface area contributed by atoms with Gasteiger partial charge in [-0.2, -0.15) is 4.98 Å². The molecule has 0 atom stereocenters. The van der Waals surface area contributed by atoms with Crippen LogP contribution in [-0.2, 0) is 17.8 Å². The number of aromatic nitrogens is 2. The van der Waals surface area contributed by atoms with Crippen LogP contribution in [0.15, 0.2) is 12.1 Å². The monoisotopic (exact) mass is 428 g/mol. The van der Waals surface area contributed by atoms with Crippen molar-refractivity contribution in [3.05, 3.63) is 34.4 Å². The molecule has 0 bridgehead atoms. The Morgan fingerprint density at radius 3 is 2.80 bits per heavy atom. The Morgan fingerprint density at radius 1 is 1.23 bits per heavy atom. The molecule has 0 amide bonds. The van der Waals surface area contributed by atoms with E-state index in [1.165, 1.54) is 41.9 Å². The van der Waals surface area contributed by atoms with Crippen LogP contribution in [0.25, 0.3) is 0 Å². The first kappa shape index (κ1) is 19.8. The number of cyclic esters (lactones) is 1. The molecule has 1 spiro atoms. The molecule has 2 fully saturated rings. The zero-order valence-electron chi connectivity index (χ0n) is 17.6. The van der Waals surface area contributed by atoms with Crippen LogP contribution in [0.4, 0.5) is 5.13 Å². The Labute approximate surface area is 181 Å². The minimum absolute atomic E-state index is 0.182. The third-order valence-corrected chi connectivity index (χ3v) is 7.94. The van der Waals surface area contributed by atoms with E-state index in [4.69, 9.17) is 9.47 Å². The summed E-state index contributed by atoms with van der Waals surface area (Å²) in [7, 11) is 1.62. The van der Waals surface area contributed by atoms with E-state index in [-0.39, 0.29) is 5.97 Å². The highest BCUT2D eigenvalue weighted by Gasteiger charge is 2.41. The number of likely N-dealkylation sites (tertiary alicyclic amines) is 1. The molecule has 2 saturated heterocycles. The van der Waals surface area contributed by atoms with Gasteiger partial charge < -0.3 is 19.3 Å². The summed E-state index contributed by atoms with van der Waals surface area (Å²) in [5.74, 6) is -0.182. The number of anilines is 1. The number of carbonyl (C=O) groups excluding carboxylic acids is 1. The van der Waals surface area contributed by atoms with Crippen LogP contribution in [0.1, 0.15) is 46.3 Å². The van der Waals surface area contributed by atoms with Gasteiger partial charge in [0.15, 0.2) is 0 Å². The molecule has 3 aliphatic heterocycles. The predicted molar refractivity (Wildman–Crippen MR) is 115 cm³/mol. The van der Waals surface area contributed by atoms with Crippen molar-refractivity contribution in [1.82, 2.24) is 14.3 Å². The second-order valence-corrected chi connectivity index (χ2v) is 9.51. The SMILES string of the molecule is COc1nsc(N2CCC3(CCN(CCc4ccc5c(c4C)COC5=O)CC3)C2)n1. The van der Waals surface area contributed by atoms with E-state index in [9.17, 15) is 4.79 Å². The molecular weight excluding hydrogens is 400 g/mol. The molecule has 4 heterocycles. The highest BCUT2D eigenvalue weighted by Crippen LogP contribution is 2.42. The van der Waals surface area contributed by atoms with Crippen LogP contribution >= 0.6 is 11.5 Å². The summed E-state index contributed by atoms with van der Waals surface area (Å²) in [5, 5.41) is 0.987. The lowest BCUT2D eigenvalue weighted by atomic mass is 9.77. The van der Waals surface area contributed by atoms with Crippen molar-refractivity contribution in [3.8, 4) is 6.01 Å². The molecule has 0 radical (unpaired) electrons. The zero-order chi connectivity index (χ0) is 20.7. The van der Waals surface area contributed by atoms with Gasteiger partial charge in [0.1, 0.15) is 6.61 Å². The van der Waals surface area contributed by atoms with E-state index in [0.717, 1.165) is 55.4 Å². The van der Waals surface area contributed by atoms with Crippen molar-refractivity contribution in [2.45, 2.75) is 39.2 Å². The number of carbonyl (C=O) groups is 1. The van der Waals surface area contributed by atoms with E-state index in [1.807, 2.05) is 6.07 Å². The van der Waals surface area contributed by atoms with Gasteiger partial charge in [-0.05, 0) is 68.3 Å². The van der Waals surface area contributed by atoms with Crippen LogP contribution in [0.3, 0.4) is 0 Å². The van der Waals surface area contributed by atoms with E-state index >= 15 is 0 Å². The fourth-order valence-electron chi connectivity index (χ4n) is 5.12. The van der Waals surface area contributed by atoms with Gasteiger partial charge in [-0.25, -0.2) is 4.79 Å². The maximum absolute atomic E-state index is 11.7. The Balaban J connectivity index is 1.15. The number of methoxy groups -OCH3 is 1. The summed E-state index contributed by atoms with van der Waals surface area (Å²) in [4.78, 5) is 21.2. The number of ether oxygens (including phenoxy) is 2. The van der Waals surface area contributed by atoms with Crippen LogP contribution in [0.5, 0.6) is 6.01 Å². The van der Waals surface area contributed by atoms with E-state index in [0.29, 0.717) is 18.0 Å². The average Bonchev–Trinajstić information content (AvgIpc) is 3.48. The number of hydrogen-bond acceptors (Lipinski definition) is 8. The number of hydrogen-bond donors (Lipinski definition) is 0. The molecule has 0 aliphatic carbocycles. The highest BCUT2D eigenvalue weighted by molar-refractivity contribution is 7.09. The molecule has 2 aromatic rings. The molecule has 0 unspecified atom stereocenters. The third kappa shape index (κ3) is 3.56. The van der Waals surface area contributed by atoms with Crippen molar-refractivity contribution in [2.24, 2.45) is 5.41 Å². The minimum atomic E-state index is -0.182. The van der Waals surface area contributed by atoms with Gasteiger partial charge in [0.05, 0.1) is 12.7 Å². The first-order valence-corrected chi connectivity index (χ1v) is 11.5. The first-order valence-electron chi connectivity index (χ1n) is 10.7. The number of rotatable bonds is 5. The summed E-state index contributed by atoms with van der Waals surface area (Å²) in [6, 6.07) is 4.52. The molecular formula is C22H28N4O3S. The Hall–Kier alpha value is -2.19. The first-order chi connectivity index (χ1) is 14.6. The maximum atomic E-state index is 11.7. The van der Waals surface area contributed by atoms with Crippen molar-refractivity contribution >= 4 is 22.6 Å². The van der Waals surface area contributed by atoms with Crippen molar-refractivity contribution in [3.63, 3.8) is 0 Å². The molecule has 1 aromatic carbocycles. The molecule has 30 heavy (non-hydrogen) atoms. The van der Waals surface area contributed by atoms with Gasteiger partial charge in [-0.3, -0.25) is 0 Å². The highest BCUT2D eigenvalue weighted by atomic mass is 32.1. The van der Waals surface area contributed by atoms with Gasteiger partial charge in [0.2, 0.25) is 5.13 Å². The van der Waals surface area contributed by atoms with Crippen molar-refractivity contribution in [1.29, 1.82) is 0 Å². The van der Waals surface area contributed by atoms with E-state index < -0.39 is 0 Å². The van der Waals surface area contributed by atoms with Gasteiger partial charge in [0.25, 0.3) is 0 Å². The standard InChI is InChI=1S/C22H28N4O3S/c1-15-16(3-4-17-18(15)13-29-19(17)27)5-9-25-10-6-22(7-11-25)8-12-26(14-22)21-23-20(28-2)24-30-21/h3-4H,5-14H2,1-2H3. The Bertz CT molecular complexity index is 952. The third-order valence-electron chi connectivity index (χ3n) is 7.18. The molecule has 8 heteroatoms. The zero-order valence-corrected chi connectivity index (χ0v) is 18.5. The number of benzene rings is 1. The van der Waals surface area contributed by atoms with E-state index in [2.05, 4.69) is 32.1 Å². The van der Waals surface area contributed by atoms with Gasteiger partial charge in [-0.15, -0.1) is 4.37 Å². The average molecular weight is 429 g/mol. The van der Waals surface area contributed by atoms with Crippen molar-refractivity contribution < 1.29 is 14.3 Å². The fraction of sp³-hybridized carbons (Fsp3) is 0.591. The normalized spacial score (nSPS) is 20.6. The lowest BCUT2D eigenvalue weighted by Crippen LogP contribution is -2.42. The van der Waals surface area contributed by atoms with Crippen LogP contribution in [0.2, 0.25) is 0 Å². The van der Waals surface area contributed by atoms with Crippen molar-refractivity contribution in [2.75, 3.05) is 44.7 Å². The van der Waals surface area contributed by atoms with Crippen LogP contribution < -0.4 is 9.64 Å². The summed E-state index contributed by atoms with van der Waals surface area (Å²) in [6.45, 7) is 8.07. The summed E-state index contributed by atoms with van der Waals surface area (Å²) in [5.41, 5.74) is 4.80. The largest absolute Gasteiger partial charge is 0.466 e. The second-order valence-electron chi connectivity index (χ2n) is 8.78. The lowest BCUT2D eigenvalue weighted by molar-refractivity contribution is 0.0535. The lowest BCUT2D eigenvalue weighted by Gasteiger charge is -2.39. The van der Waals surface area contributed by atoms with E-state index in [1.54, 1.807) is 7.11 Å². The van der Waals surface area contributed by atoms with Gasteiger partial charge >= 0.3 is 12.0 Å². The summed E-state index contributed by atoms with van der Waals surface area (Å²) in [6.07, 6.45) is 4.74. The molecule has 160 valence electrons. The molecule has 5 rings (SSSR count).